The lowest BCUT2D eigenvalue weighted by molar-refractivity contribution is 0.802. The molecule has 2 heterocycles. The van der Waals surface area contributed by atoms with Crippen LogP contribution >= 0.6 is 46.7 Å². The summed E-state index contributed by atoms with van der Waals surface area (Å²) in [6.07, 6.45) is 0.986. The number of thiophene rings is 1. The predicted octanol–water partition coefficient (Wildman–Crippen LogP) is 4.05. The largest absolute Gasteiger partial charge is 0.357 e. The Morgan fingerprint density at radius 1 is 1.22 bits per heavy atom. The van der Waals surface area contributed by atoms with Crippen LogP contribution < -0.4 is 10.6 Å². The second-order valence-electron chi connectivity index (χ2n) is 5.14. The second kappa shape index (κ2) is 10.2. The zero-order chi connectivity index (χ0) is 15.9. The highest BCUT2D eigenvalue weighted by Crippen LogP contribution is 2.17. The summed E-state index contributed by atoms with van der Waals surface area (Å²) in [4.78, 5) is 11.8. The van der Waals surface area contributed by atoms with E-state index in [1.54, 1.807) is 22.7 Å². The molecule has 0 amide bonds. The average molecular weight is 464 g/mol. The van der Waals surface area contributed by atoms with E-state index in [0.717, 1.165) is 42.7 Å². The van der Waals surface area contributed by atoms with Gasteiger partial charge in [0.05, 0.1) is 17.2 Å². The molecule has 0 unspecified atom stereocenters. The van der Waals surface area contributed by atoms with Gasteiger partial charge >= 0.3 is 0 Å². The highest BCUT2D eigenvalue weighted by atomic mass is 127. The maximum atomic E-state index is 4.67. The molecule has 0 aliphatic heterocycles. The van der Waals surface area contributed by atoms with Crippen LogP contribution in [0.2, 0.25) is 0 Å². The minimum absolute atomic E-state index is 0. The lowest BCUT2D eigenvalue weighted by Gasteiger charge is -2.10. The van der Waals surface area contributed by atoms with E-state index >= 15 is 0 Å². The Hall–Kier alpha value is -0.670. The molecule has 0 saturated heterocycles. The summed E-state index contributed by atoms with van der Waals surface area (Å²) in [6, 6.07) is 2.14. The Labute approximate surface area is 163 Å². The number of hydrogen-bond donors (Lipinski definition) is 2. The first-order valence-electron chi connectivity index (χ1n) is 7.58. The third kappa shape index (κ3) is 6.39. The molecule has 0 aliphatic rings. The molecule has 0 aromatic carbocycles. The van der Waals surface area contributed by atoms with Crippen molar-refractivity contribution in [3.63, 3.8) is 0 Å². The molecule has 2 rings (SSSR count). The molecule has 0 aliphatic carbocycles. The molecule has 0 fully saturated rings. The molecule has 0 saturated carbocycles. The first-order valence-corrected chi connectivity index (χ1v) is 9.27. The summed E-state index contributed by atoms with van der Waals surface area (Å²) in [5.41, 5.74) is 2.47. The van der Waals surface area contributed by atoms with Crippen LogP contribution in [0.25, 0.3) is 0 Å². The lowest BCUT2D eigenvalue weighted by Crippen LogP contribution is -2.38. The number of rotatable bonds is 6. The molecule has 0 spiro atoms. The number of aromatic nitrogens is 1. The molecule has 2 aromatic rings. The van der Waals surface area contributed by atoms with Gasteiger partial charge in [0, 0.05) is 29.3 Å². The van der Waals surface area contributed by atoms with Crippen LogP contribution in [0.15, 0.2) is 16.4 Å². The van der Waals surface area contributed by atoms with Gasteiger partial charge in [-0.1, -0.05) is 0 Å². The van der Waals surface area contributed by atoms with Gasteiger partial charge in [0.1, 0.15) is 0 Å². The van der Waals surface area contributed by atoms with Crippen LogP contribution in [0.4, 0.5) is 0 Å². The van der Waals surface area contributed by atoms with Crippen molar-refractivity contribution in [1.29, 1.82) is 0 Å². The van der Waals surface area contributed by atoms with Gasteiger partial charge in [0.25, 0.3) is 0 Å². The van der Waals surface area contributed by atoms with Crippen molar-refractivity contribution in [3.05, 3.63) is 37.5 Å². The predicted molar refractivity (Wildman–Crippen MR) is 113 cm³/mol. The van der Waals surface area contributed by atoms with Crippen LogP contribution in [-0.2, 0) is 13.0 Å². The van der Waals surface area contributed by atoms with Crippen LogP contribution in [0.3, 0.4) is 0 Å². The van der Waals surface area contributed by atoms with Crippen molar-refractivity contribution in [2.24, 2.45) is 4.99 Å². The number of nitrogens with one attached hydrogen (secondary N) is 2. The zero-order valence-electron chi connectivity index (χ0n) is 14.1. The number of nitrogens with zero attached hydrogens (tertiary/aromatic N) is 2. The van der Waals surface area contributed by atoms with Crippen molar-refractivity contribution >= 4 is 52.6 Å². The molecule has 7 heteroatoms. The first kappa shape index (κ1) is 20.4. The molecule has 4 nitrogen and oxygen atoms in total. The number of halogens is 1. The molecule has 0 radical (unpaired) electrons. The van der Waals surface area contributed by atoms with Crippen LogP contribution in [-0.4, -0.2) is 24.0 Å². The van der Waals surface area contributed by atoms with E-state index < -0.39 is 0 Å². The molecule has 2 N–H and O–H groups in total. The van der Waals surface area contributed by atoms with Gasteiger partial charge in [-0.15, -0.1) is 46.7 Å². The standard InChI is InChI=1S/C16H24N4S2.HI/c1-5-17-16(19-10-15-11(2)7-9-21-15)18-8-6-14-12(3)20-13(4)22-14;/h7,9H,5-6,8,10H2,1-4H3,(H2,17,18,19);1H. The van der Waals surface area contributed by atoms with Crippen molar-refractivity contribution in [2.45, 2.75) is 40.7 Å². The smallest absolute Gasteiger partial charge is 0.191 e. The van der Waals surface area contributed by atoms with E-state index in [9.17, 15) is 0 Å². The van der Waals surface area contributed by atoms with Crippen LogP contribution in [0.5, 0.6) is 0 Å². The van der Waals surface area contributed by atoms with Gasteiger partial charge in [-0.2, -0.15) is 0 Å². The summed E-state index contributed by atoms with van der Waals surface area (Å²) in [7, 11) is 0. The number of hydrogen-bond acceptors (Lipinski definition) is 4. The minimum atomic E-state index is 0. The fourth-order valence-electron chi connectivity index (χ4n) is 2.16. The minimum Gasteiger partial charge on any atom is -0.357 e. The van der Waals surface area contributed by atoms with E-state index in [1.165, 1.54) is 15.3 Å². The fourth-order valence-corrected chi connectivity index (χ4v) is 3.92. The Bertz CT molecular complexity index is 634. The summed E-state index contributed by atoms with van der Waals surface area (Å²) >= 11 is 3.55. The molecular formula is C16H25IN4S2. The first-order chi connectivity index (χ1) is 10.6. The number of thiazole rings is 1. The highest BCUT2D eigenvalue weighted by molar-refractivity contribution is 14.0. The van der Waals surface area contributed by atoms with Crippen LogP contribution in [0.1, 0.15) is 32.9 Å². The maximum absolute atomic E-state index is 4.67. The summed E-state index contributed by atoms with van der Waals surface area (Å²) in [6.45, 7) is 10.8. The van der Waals surface area contributed by atoms with Gasteiger partial charge in [-0.25, -0.2) is 9.98 Å². The lowest BCUT2D eigenvalue weighted by atomic mass is 10.3. The van der Waals surface area contributed by atoms with Gasteiger partial charge in [-0.3, -0.25) is 0 Å². The SMILES string of the molecule is CCNC(=NCc1sccc1C)NCCc1sc(C)nc1C.I. The Balaban J connectivity index is 0.00000264. The van der Waals surface area contributed by atoms with Gasteiger partial charge < -0.3 is 10.6 Å². The van der Waals surface area contributed by atoms with Crippen molar-refractivity contribution in [1.82, 2.24) is 15.6 Å². The molecular weight excluding hydrogens is 439 g/mol. The topological polar surface area (TPSA) is 49.3 Å². The second-order valence-corrected chi connectivity index (χ2v) is 7.43. The van der Waals surface area contributed by atoms with Crippen molar-refractivity contribution in [3.8, 4) is 0 Å². The summed E-state index contributed by atoms with van der Waals surface area (Å²) < 4.78 is 0. The number of aliphatic imine (C=N–C) groups is 1. The van der Waals surface area contributed by atoms with Crippen molar-refractivity contribution in [2.75, 3.05) is 13.1 Å². The Morgan fingerprint density at radius 2 is 2.00 bits per heavy atom. The van der Waals surface area contributed by atoms with E-state index in [1.807, 2.05) is 0 Å². The number of aryl methyl sites for hydroxylation is 3. The van der Waals surface area contributed by atoms with Gasteiger partial charge in [-0.05, 0) is 44.7 Å². The molecule has 128 valence electrons. The molecule has 0 bridgehead atoms. The highest BCUT2D eigenvalue weighted by Gasteiger charge is 2.05. The zero-order valence-corrected chi connectivity index (χ0v) is 18.1. The Morgan fingerprint density at radius 3 is 2.57 bits per heavy atom. The normalized spacial score (nSPS) is 11.2. The third-order valence-corrected chi connectivity index (χ3v) is 5.48. The monoisotopic (exact) mass is 464 g/mol. The van der Waals surface area contributed by atoms with Crippen LogP contribution in [0, 0.1) is 20.8 Å². The van der Waals surface area contributed by atoms with Crippen molar-refractivity contribution < 1.29 is 0 Å². The van der Waals surface area contributed by atoms with E-state index in [0.29, 0.717) is 0 Å². The third-order valence-electron chi connectivity index (χ3n) is 3.34. The molecule has 23 heavy (non-hydrogen) atoms. The maximum Gasteiger partial charge on any atom is 0.191 e. The van der Waals surface area contributed by atoms with E-state index in [-0.39, 0.29) is 24.0 Å². The average Bonchev–Trinajstić information content (AvgIpc) is 3.02. The quantitative estimate of drug-likeness (QED) is 0.386. The molecule has 2 aromatic heterocycles. The van der Waals surface area contributed by atoms with E-state index in [4.69, 9.17) is 0 Å². The van der Waals surface area contributed by atoms with E-state index in [2.05, 4.69) is 59.8 Å². The fraction of sp³-hybridized carbons (Fsp3) is 0.500. The summed E-state index contributed by atoms with van der Waals surface area (Å²) in [5, 5.41) is 9.97. The summed E-state index contributed by atoms with van der Waals surface area (Å²) in [5.74, 6) is 0.884. The molecule has 0 atom stereocenters. The van der Waals surface area contributed by atoms with Gasteiger partial charge in [0.15, 0.2) is 5.96 Å². The number of guanidine groups is 1. The van der Waals surface area contributed by atoms with Gasteiger partial charge in [0.2, 0.25) is 0 Å². The Kier molecular flexibility index (Phi) is 9.08.